The van der Waals surface area contributed by atoms with Gasteiger partial charge < -0.3 is 19.7 Å². The SMILES string of the molecule is CCO[C@H]1C[C@H](O)[C@H](O)[C@@H](C)O1. The highest BCUT2D eigenvalue weighted by atomic mass is 16.7. The van der Waals surface area contributed by atoms with Gasteiger partial charge in [0.25, 0.3) is 0 Å². The molecule has 0 spiro atoms. The van der Waals surface area contributed by atoms with Crippen molar-refractivity contribution in [3.05, 3.63) is 0 Å². The van der Waals surface area contributed by atoms with Crippen LogP contribution in [0.25, 0.3) is 0 Å². The quantitative estimate of drug-likeness (QED) is 0.616. The molecular formula is C8H16O4. The summed E-state index contributed by atoms with van der Waals surface area (Å²) in [5.41, 5.74) is 0. The van der Waals surface area contributed by atoms with E-state index in [9.17, 15) is 10.2 Å². The summed E-state index contributed by atoms with van der Waals surface area (Å²) in [6.45, 7) is 4.14. The van der Waals surface area contributed by atoms with Gasteiger partial charge in [0.15, 0.2) is 6.29 Å². The maximum atomic E-state index is 9.34. The van der Waals surface area contributed by atoms with Gasteiger partial charge in [-0.05, 0) is 13.8 Å². The number of rotatable bonds is 2. The summed E-state index contributed by atoms with van der Waals surface area (Å²) in [6, 6.07) is 0. The fourth-order valence-electron chi connectivity index (χ4n) is 1.32. The average Bonchev–Trinajstić information content (AvgIpc) is 2.01. The second-order valence-corrected chi connectivity index (χ2v) is 3.02. The molecule has 0 aromatic heterocycles. The molecule has 1 aliphatic rings. The van der Waals surface area contributed by atoms with Crippen LogP contribution < -0.4 is 0 Å². The van der Waals surface area contributed by atoms with Gasteiger partial charge in [-0.1, -0.05) is 0 Å². The molecule has 0 bridgehead atoms. The third-order valence-corrected chi connectivity index (χ3v) is 2.03. The first-order chi connectivity index (χ1) is 5.65. The summed E-state index contributed by atoms with van der Waals surface area (Å²) in [5.74, 6) is 0. The molecule has 0 radical (unpaired) electrons. The van der Waals surface area contributed by atoms with Crippen molar-refractivity contribution in [1.29, 1.82) is 0 Å². The predicted molar refractivity (Wildman–Crippen MR) is 42.6 cm³/mol. The van der Waals surface area contributed by atoms with Gasteiger partial charge >= 0.3 is 0 Å². The van der Waals surface area contributed by atoms with E-state index in [1.54, 1.807) is 6.92 Å². The van der Waals surface area contributed by atoms with Crippen LogP contribution in [0.1, 0.15) is 20.3 Å². The monoisotopic (exact) mass is 176 g/mol. The van der Waals surface area contributed by atoms with Crippen molar-refractivity contribution in [2.45, 2.75) is 44.9 Å². The van der Waals surface area contributed by atoms with Crippen LogP contribution in [-0.4, -0.2) is 41.4 Å². The van der Waals surface area contributed by atoms with Gasteiger partial charge in [0.1, 0.15) is 6.10 Å². The molecule has 0 unspecified atom stereocenters. The van der Waals surface area contributed by atoms with E-state index in [2.05, 4.69) is 0 Å². The molecule has 2 N–H and O–H groups in total. The molecule has 0 saturated carbocycles. The van der Waals surface area contributed by atoms with Crippen LogP contribution in [0.5, 0.6) is 0 Å². The Kier molecular flexibility index (Phi) is 3.46. The van der Waals surface area contributed by atoms with E-state index in [1.165, 1.54) is 0 Å². The zero-order valence-electron chi connectivity index (χ0n) is 7.43. The summed E-state index contributed by atoms with van der Waals surface area (Å²) in [5, 5.41) is 18.6. The van der Waals surface area contributed by atoms with E-state index in [1.807, 2.05) is 6.92 Å². The van der Waals surface area contributed by atoms with Crippen molar-refractivity contribution in [3.63, 3.8) is 0 Å². The second-order valence-electron chi connectivity index (χ2n) is 3.02. The second kappa shape index (κ2) is 4.18. The van der Waals surface area contributed by atoms with Crippen LogP contribution in [0, 0.1) is 0 Å². The Morgan fingerprint density at radius 2 is 2.17 bits per heavy atom. The lowest BCUT2D eigenvalue weighted by Gasteiger charge is -2.34. The van der Waals surface area contributed by atoms with Crippen molar-refractivity contribution < 1.29 is 19.7 Å². The largest absolute Gasteiger partial charge is 0.390 e. The third kappa shape index (κ3) is 2.17. The van der Waals surface area contributed by atoms with Gasteiger partial charge in [0.2, 0.25) is 0 Å². The van der Waals surface area contributed by atoms with Crippen LogP contribution in [-0.2, 0) is 9.47 Å². The average molecular weight is 176 g/mol. The lowest BCUT2D eigenvalue weighted by Crippen LogP contribution is -2.47. The molecule has 1 aliphatic heterocycles. The molecule has 72 valence electrons. The summed E-state index contributed by atoms with van der Waals surface area (Å²) in [6.07, 6.45) is -1.90. The fourth-order valence-corrected chi connectivity index (χ4v) is 1.32. The van der Waals surface area contributed by atoms with Crippen LogP contribution in [0.15, 0.2) is 0 Å². The normalized spacial score (nSPS) is 43.0. The maximum absolute atomic E-state index is 9.34. The molecule has 1 saturated heterocycles. The van der Waals surface area contributed by atoms with Crippen LogP contribution in [0.4, 0.5) is 0 Å². The minimum atomic E-state index is -0.790. The van der Waals surface area contributed by atoms with Crippen LogP contribution in [0.2, 0.25) is 0 Å². The minimum absolute atomic E-state index is 0.347. The number of aliphatic hydroxyl groups is 2. The molecule has 0 aromatic carbocycles. The van der Waals surface area contributed by atoms with Gasteiger partial charge in [-0.25, -0.2) is 0 Å². The van der Waals surface area contributed by atoms with Gasteiger partial charge in [-0.3, -0.25) is 0 Å². The van der Waals surface area contributed by atoms with E-state index in [4.69, 9.17) is 9.47 Å². The minimum Gasteiger partial charge on any atom is -0.390 e. The topological polar surface area (TPSA) is 58.9 Å². The summed E-state index contributed by atoms with van der Waals surface area (Å²) < 4.78 is 10.5. The third-order valence-electron chi connectivity index (χ3n) is 2.03. The van der Waals surface area contributed by atoms with Gasteiger partial charge in [0, 0.05) is 13.0 Å². The van der Waals surface area contributed by atoms with Gasteiger partial charge in [-0.2, -0.15) is 0 Å². The summed E-state index contributed by atoms with van der Waals surface area (Å²) >= 11 is 0. The van der Waals surface area contributed by atoms with E-state index >= 15 is 0 Å². The Morgan fingerprint density at radius 3 is 2.67 bits per heavy atom. The Labute approximate surface area is 72.1 Å². The number of hydrogen-bond acceptors (Lipinski definition) is 4. The Balaban J connectivity index is 2.42. The van der Waals surface area contributed by atoms with Crippen LogP contribution >= 0.6 is 0 Å². The molecule has 1 heterocycles. The molecule has 4 atom stereocenters. The molecule has 1 fully saturated rings. The van der Waals surface area contributed by atoms with Crippen molar-refractivity contribution in [1.82, 2.24) is 0 Å². The molecular weight excluding hydrogens is 160 g/mol. The molecule has 4 nitrogen and oxygen atoms in total. The molecule has 0 aliphatic carbocycles. The molecule has 12 heavy (non-hydrogen) atoms. The highest BCUT2D eigenvalue weighted by molar-refractivity contribution is 4.79. The first-order valence-electron chi connectivity index (χ1n) is 4.28. The molecule has 1 rings (SSSR count). The van der Waals surface area contributed by atoms with Crippen molar-refractivity contribution >= 4 is 0 Å². The lowest BCUT2D eigenvalue weighted by atomic mass is 10.0. The summed E-state index contributed by atoms with van der Waals surface area (Å²) in [4.78, 5) is 0. The molecule has 0 amide bonds. The number of hydrogen-bond donors (Lipinski definition) is 2. The van der Waals surface area contributed by atoms with E-state index in [-0.39, 0.29) is 12.4 Å². The molecule has 4 heteroatoms. The van der Waals surface area contributed by atoms with E-state index in [0.29, 0.717) is 13.0 Å². The maximum Gasteiger partial charge on any atom is 0.160 e. The van der Waals surface area contributed by atoms with Crippen molar-refractivity contribution in [3.8, 4) is 0 Å². The zero-order valence-corrected chi connectivity index (χ0v) is 7.43. The zero-order chi connectivity index (χ0) is 9.14. The van der Waals surface area contributed by atoms with E-state index < -0.39 is 12.2 Å². The highest BCUT2D eigenvalue weighted by Crippen LogP contribution is 2.20. The van der Waals surface area contributed by atoms with Crippen LogP contribution in [0.3, 0.4) is 0 Å². The highest BCUT2D eigenvalue weighted by Gasteiger charge is 2.34. The van der Waals surface area contributed by atoms with Crippen molar-refractivity contribution in [2.24, 2.45) is 0 Å². The number of aliphatic hydroxyl groups excluding tert-OH is 2. The van der Waals surface area contributed by atoms with Gasteiger partial charge in [-0.15, -0.1) is 0 Å². The Hall–Kier alpha value is -0.160. The van der Waals surface area contributed by atoms with Crippen molar-refractivity contribution in [2.75, 3.05) is 6.61 Å². The predicted octanol–water partition coefficient (Wildman–Crippen LogP) is -0.120. The fraction of sp³-hybridized carbons (Fsp3) is 1.00. The Bertz CT molecular complexity index is 127. The molecule has 0 aromatic rings. The lowest BCUT2D eigenvalue weighted by molar-refractivity contribution is -0.244. The van der Waals surface area contributed by atoms with E-state index in [0.717, 1.165) is 0 Å². The first kappa shape index (κ1) is 9.92. The summed E-state index contributed by atoms with van der Waals surface area (Å²) in [7, 11) is 0. The number of ether oxygens (including phenoxy) is 2. The standard InChI is InChI=1S/C8H16O4/c1-3-11-7-4-6(9)8(10)5(2)12-7/h5-10H,3-4H2,1-2H3/t5-,6+,7-,8-/m1/s1. The Morgan fingerprint density at radius 1 is 1.50 bits per heavy atom. The first-order valence-corrected chi connectivity index (χ1v) is 4.28. The van der Waals surface area contributed by atoms with Gasteiger partial charge in [0.05, 0.1) is 12.2 Å². The smallest absolute Gasteiger partial charge is 0.160 e.